The Morgan fingerprint density at radius 1 is 1.38 bits per heavy atom. The van der Waals surface area contributed by atoms with Gasteiger partial charge < -0.3 is 20.6 Å². The highest BCUT2D eigenvalue weighted by Gasteiger charge is 2.47. The van der Waals surface area contributed by atoms with E-state index < -0.39 is 12.0 Å². The Bertz CT molecular complexity index is 632. The Labute approximate surface area is 139 Å². The highest BCUT2D eigenvalue weighted by Crippen LogP contribution is 2.41. The van der Waals surface area contributed by atoms with Crippen molar-refractivity contribution in [3.05, 3.63) is 30.1 Å². The smallest absolute Gasteiger partial charge is 0.315 e. The molecule has 2 fully saturated rings. The van der Waals surface area contributed by atoms with Crippen molar-refractivity contribution in [2.45, 2.75) is 43.8 Å². The number of aliphatic carboxylic acids is 1. The lowest BCUT2D eigenvalue weighted by Gasteiger charge is -2.28. The normalized spacial score (nSPS) is 23.2. The number of carbonyl (C=O) groups is 3. The van der Waals surface area contributed by atoms with Crippen LogP contribution in [0.25, 0.3) is 0 Å². The average Bonchev–Trinajstić information content (AvgIpc) is 3.32. The van der Waals surface area contributed by atoms with Crippen molar-refractivity contribution in [3.8, 4) is 0 Å². The zero-order valence-electron chi connectivity index (χ0n) is 13.1. The van der Waals surface area contributed by atoms with E-state index in [0.717, 1.165) is 18.4 Å². The number of nitrogens with zero attached hydrogens (tertiary/aromatic N) is 2. The van der Waals surface area contributed by atoms with Crippen LogP contribution in [0.5, 0.6) is 0 Å². The molecule has 3 rings (SSSR count). The zero-order valence-corrected chi connectivity index (χ0v) is 13.1. The van der Waals surface area contributed by atoms with Gasteiger partial charge in [0.25, 0.3) is 0 Å². The van der Waals surface area contributed by atoms with Crippen LogP contribution in [0.3, 0.4) is 0 Å². The number of urea groups is 1. The molecular weight excluding hydrogens is 312 g/mol. The fourth-order valence-electron chi connectivity index (χ4n) is 3.11. The Morgan fingerprint density at radius 3 is 2.79 bits per heavy atom. The van der Waals surface area contributed by atoms with Crippen molar-refractivity contribution in [2.24, 2.45) is 0 Å². The summed E-state index contributed by atoms with van der Waals surface area (Å²) in [5.41, 5.74) is 0.895. The number of carboxylic acids is 1. The molecule has 8 nitrogen and oxygen atoms in total. The number of nitrogens with one attached hydrogen (secondary N) is 2. The lowest BCUT2D eigenvalue weighted by molar-refractivity contribution is -0.136. The molecular formula is C16H20N4O4. The van der Waals surface area contributed by atoms with E-state index >= 15 is 0 Å². The van der Waals surface area contributed by atoms with Gasteiger partial charge >= 0.3 is 12.0 Å². The largest absolute Gasteiger partial charge is 0.481 e. The predicted octanol–water partition coefficient (Wildman–Crippen LogP) is 0.660. The third kappa shape index (κ3) is 3.64. The van der Waals surface area contributed by atoms with Crippen LogP contribution in [0.1, 0.15) is 37.3 Å². The van der Waals surface area contributed by atoms with Crippen LogP contribution >= 0.6 is 0 Å². The minimum absolute atomic E-state index is 0.0298. The van der Waals surface area contributed by atoms with Crippen LogP contribution in [0, 0.1) is 0 Å². The standard InChI is InChI=1S/C16H20N4O4/c21-13-8-12(19-16(24)18-7-5-14(22)23)15(20(13)11-3-4-11)10-2-1-6-17-9-10/h1-2,6,9,11-12,15H,3-5,7-8H2,(H,22,23)(H2,18,19,24)/t12-,15+/m1/s1. The first-order valence-electron chi connectivity index (χ1n) is 8.03. The molecule has 1 saturated heterocycles. The van der Waals surface area contributed by atoms with Crippen LogP contribution in [-0.2, 0) is 9.59 Å². The Balaban J connectivity index is 1.70. The van der Waals surface area contributed by atoms with Gasteiger partial charge in [-0.2, -0.15) is 0 Å². The number of aromatic nitrogens is 1. The SMILES string of the molecule is O=C(O)CCNC(=O)N[C@@H]1CC(=O)N(C2CC2)[C@H]1c1cccnc1. The molecule has 3 amide bonds. The van der Waals surface area contributed by atoms with Gasteiger partial charge in [-0.25, -0.2) is 4.79 Å². The minimum atomic E-state index is -0.973. The highest BCUT2D eigenvalue weighted by molar-refractivity contribution is 5.83. The van der Waals surface area contributed by atoms with Crippen LogP contribution in [-0.4, -0.2) is 51.5 Å². The summed E-state index contributed by atoms with van der Waals surface area (Å²) in [6, 6.07) is 2.91. The minimum Gasteiger partial charge on any atom is -0.481 e. The first-order valence-corrected chi connectivity index (χ1v) is 8.03. The van der Waals surface area contributed by atoms with E-state index in [4.69, 9.17) is 5.11 Å². The highest BCUT2D eigenvalue weighted by atomic mass is 16.4. The number of amides is 3. The molecule has 0 unspecified atom stereocenters. The molecule has 3 N–H and O–H groups in total. The second-order valence-electron chi connectivity index (χ2n) is 6.12. The monoisotopic (exact) mass is 332 g/mol. The number of pyridine rings is 1. The fourth-order valence-corrected chi connectivity index (χ4v) is 3.11. The summed E-state index contributed by atoms with van der Waals surface area (Å²) in [6.07, 6.45) is 5.46. The molecule has 0 bridgehead atoms. The van der Waals surface area contributed by atoms with Gasteiger partial charge in [0.2, 0.25) is 5.91 Å². The summed E-state index contributed by atoms with van der Waals surface area (Å²) in [5, 5.41) is 13.9. The summed E-state index contributed by atoms with van der Waals surface area (Å²) in [4.78, 5) is 40.9. The molecule has 1 saturated carbocycles. The molecule has 128 valence electrons. The molecule has 1 aliphatic carbocycles. The molecule has 1 aromatic heterocycles. The topological polar surface area (TPSA) is 112 Å². The van der Waals surface area contributed by atoms with Crippen molar-refractivity contribution < 1.29 is 19.5 Å². The van der Waals surface area contributed by atoms with Gasteiger partial charge in [-0.05, 0) is 24.5 Å². The Hall–Kier alpha value is -2.64. The molecule has 2 atom stereocenters. The third-order valence-electron chi connectivity index (χ3n) is 4.27. The number of carbonyl (C=O) groups excluding carboxylic acids is 2. The van der Waals surface area contributed by atoms with Gasteiger partial charge in [-0.3, -0.25) is 14.6 Å². The van der Waals surface area contributed by atoms with Gasteiger partial charge in [0, 0.05) is 31.4 Å². The molecule has 2 aliphatic rings. The van der Waals surface area contributed by atoms with E-state index in [9.17, 15) is 14.4 Å². The van der Waals surface area contributed by atoms with Gasteiger partial charge in [-0.15, -0.1) is 0 Å². The second kappa shape index (κ2) is 6.86. The Kier molecular flexibility index (Phi) is 4.64. The molecule has 0 aromatic carbocycles. The third-order valence-corrected chi connectivity index (χ3v) is 4.27. The van der Waals surface area contributed by atoms with E-state index in [2.05, 4.69) is 15.6 Å². The lowest BCUT2D eigenvalue weighted by Crippen LogP contribution is -2.45. The van der Waals surface area contributed by atoms with E-state index in [0.29, 0.717) is 0 Å². The van der Waals surface area contributed by atoms with Crippen LogP contribution < -0.4 is 10.6 Å². The first-order chi connectivity index (χ1) is 11.6. The maximum Gasteiger partial charge on any atom is 0.315 e. The van der Waals surface area contributed by atoms with E-state index in [1.807, 2.05) is 17.0 Å². The predicted molar refractivity (Wildman–Crippen MR) is 84.0 cm³/mol. The number of hydrogen-bond donors (Lipinski definition) is 3. The van der Waals surface area contributed by atoms with Crippen molar-refractivity contribution in [2.75, 3.05) is 6.54 Å². The van der Waals surface area contributed by atoms with E-state index in [1.54, 1.807) is 12.4 Å². The summed E-state index contributed by atoms with van der Waals surface area (Å²) in [7, 11) is 0. The Morgan fingerprint density at radius 2 is 2.17 bits per heavy atom. The quantitative estimate of drug-likeness (QED) is 0.708. The first kappa shape index (κ1) is 16.2. The van der Waals surface area contributed by atoms with Crippen LogP contribution in [0.2, 0.25) is 0 Å². The molecule has 8 heteroatoms. The maximum absolute atomic E-state index is 12.4. The average molecular weight is 332 g/mol. The molecule has 0 radical (unpaired) electrons. The second-order valence-corrected chi connectivity index (χ2v) is 6.12. The van der Waals surface area contributed by atoms with Gasteiger partial charge in [0.1, 0.15) is 0 Å². The van der Waals surface area contributed by atoms with Crippen LogP contribution in [0.15, 0.2) is 24.5 Å². The summed E-state index contributed by atoms with van der Waals surface area (Å²) < 4.78 is 0. The molecule has 1 aromatic rings. The zero-order chi connectivity index (χ0) is 17.1. The van der Waals surface area contributed by atoms with Crippen molar-refractivity contribution >= 4 is 17.9 Å². The van der Waals surface area contributed by atoms with E-state index in [1.165, 1.54) is 0 Å². The fraction of sp³-hybridized carbons (Fsp3) is 0.500. The summed E-state index contributed by atoms with van der Waals surface area (Å²) in [5.74, 6) is -0.943. The van der Waals surface area contributed by atoms with E-state index in [-0.39, 0.29) is 43.4 Å². The van der Waals surface area contributed by atoms with Crippen molar-refractivity contribution in [3.63, 3.8) is 0 Å². The van der Waals surface area contributed by atoms with Crippen molar-refractivity contribution in [1.29, 1.82) is 0 Å². The maximum atomic E-state index is 12.4. The number of hydrogen-bond acceptors (Lipinski definition) is 4. The summed E-state index contributed by atoms with van der Waals surface area (Å²) >= 11 is 0. The molecule has 2 heterocycles. The number of likely N-dealkylation sites (tertiary alicyclic amines) is 1. The van der Waals surface area contributed by atoms with Gasteiger partial charge in [0.15, 0.2) is 0 Å². The van der Waals surface area contributed by atoms with Gasteiger partial charge in [0.05, 0.1) is 18.5 Å². The van der Waals surface area contributed by atoms with Crippen molar-refractivity contribution in [1.82, 2.24) is 20.5 Å². The van der Waals surface area contributed by atoms with Gasteiger partial charge in [-0.1, -0.05) is 6.07 Å². The number of rotatable bonds is 6. The number of carboxylic acid groups (broad SMARTS) is 1. The molecule has 1 aliphatic heterocycles. The molecule has 24 heavy (non-hydrogen) atoms. The van der Waals surface area contributed by atoms with Crippen LogP contribution in [0.4, 0.5) is 4.79 Å². The summed E-state index contributed by atoms with van der Waals surface area (Å²) in [6.45, 7) is 0.0474. The lowest BCUT2D eigenvalue weighted by atomic mass is 10.0. The molecule has 0 spiro atoms.